The predicted molar refractivity (Wildman–Crippen MR) is 115 cm³/mol. The number of aromatic nitrogens is 1. The fourth-order valence-electron chi connectivity index (χ4n) is 3.75. The first-order valence-corrected chi connectivity index (χ1v) is 10.4. The van der Waals surface area contributed by atoms with E-state index < -0.39 is 12.1 Å². The maximum Gasteiger partial charge on any atom is 0.243 e. The summed E-state index contributed by atoms with van der Waals surface area (Å²) in [6.07, 6.45) is 2.08. The molecule has 2 aromatic rings. The topological polar surface area (TPSA) is 101 Å². The first kappa shape index (κ1) is 22.0. The summed E-state index contributed by atoms with van der Waals surface area (Å²) in [6, 6.07) is 6.69. The molecule has 3 N–H and O–H groups in total. The molecular weight excluding hydrogens is 380 g/mol. The molecule has 1 aromatic heterocycles. The number of carbonyl (C=O) groups excluding carboxylic acids is 2. The fraction of sp³-hybridized carbons (Fsp3) is 0.522. The number of hydrogen-bond donors (Lipinski definition) is 2. The van der Waals surface area contributed by atoms with Crippen molar-refractivity contribution in [1.29, 1.82) is 0 Å². The molecule has 1 aromatic carbocycles. The summed E-state index contributed by atoms with van der Waals surface area (Å²) in [5.41, 5.74) is 8.57. The fourth-order valence-corrected chi connectivity index (χ4v) is 3.75. The summed E-state index contributed by atoms with van der Waals surface area (Å²) in [5.74, 6) is 0.721. The number of nitrogens with one attached hydrogen (secondary N) is 1. The quantitative estimate of drug-likeness (QED) is 0.786. The maximum absolute atomic E-state index is 12.9. The van der Waals surface area contributed by atoms with Gasteiger partial charge in [0, 0.05) is 18.7 Å². The van der Waals surface area contributed by atoms with Crippen LogP contribution in [0.15, 0.2) is 35.1 Å². The van der Waals surface area contributed by atoms with Gasteiger partial charge >= 0.3 is 0 Å². The monoisotopic (exact) mass is 412 g/mol. The lowest BCUT2D eigenvalue weighted by molar-refractivity contribution is -0.141. The first-order chi connectivity index (χ1) is 14.1. The Labute approximate surface area is 178 Å². The van der Waals surface area contributed by atoms with Crippen molar-refractivity contribution in [1.82, 2.24) is 15.2 Å². The van der Waals surface area contributed by atoms with Crippen LogP contribution in [0.5, 0.6) is 0 Å². The van der Waals surface area contributed by atoms with Gasteiger partial charge in [-0.1, -0.05) is 52.0 Å². The zero-order chi connectivity index (χ0) is 22.1. The highest BCUT2D eigenvalue weighted by atomic mass is 16.3. The molecular formula is C23H32N4O3. The van der Waals surface area contributed by atoms with Gasteiger partial charge in [0.25, 0.3) is 0 Å². The van der Waals surface area contributed by atoms with Crippen molar-refractivity contribution < 1.29 is 14.0 Å². The molecule has 3 rings (SSSR count). The summed E-state index contributed by atoms with van der Waals surface area (Å²) in [4.78, 5) is 31.6. The highest BCUT2D eigenvalue weighted by molar-refractivity contribution is 5.90. The van der Waals surface area contributed by atoms with Gasteiger partial charge < -0.3 is 20.4 Å². The number of nitrogens with zero attached hydrogens (tertiary/aromatic N) is 2. The maximum atomic E-state index is 12.9. The zero-order valence-corrected chi connectivity index (χ0v) is 18.4. The van der Waals surface area contributed by atoms with Gasteiger partial charge in [0.2, 0.25) is 11.8 Å². The lowest BCUT2D eigenvalue weighted by Crippen LogP contribution is -2.54. The highest BCUT2D eigenvalue weighted by Crippen LogP contribution is 2.27. The van der Waals surface area contributed by atoms with E-state index in [1.807, 2.05) is 52.0 Å². The van der Waals surface area contributed by atoms with Crippen molar-refractivity contribution in [3.63, 3.8) is 0 Å². The molecule has 0 spiro atoms. The van der Waals surface area contributed by atoms with Crippen LogP contribution >= 0.6 is 0 Å². The SMILES string of the molecule is Cc1ncoc1-c1ccc(CNC(=O)[C@@H]2C[C@@H](C)CN2C(=O)[C@@H](N)C(C)(C)C)cc1. The lowest BCUT2D eigenvalue weighted by atomic mass is 9.86. The molecule has 0 unspecified atom stereocenters. The molecule has 0 radical (unpaired) electrons. The summed E-state index contributed by atoms with van der Waals surface area (Å²) >= 11 is 0. The standard InChI is InChI=1S/C23H32N4O3/c1-14-10-18(27(12-14)22(29)20(24)23(3,4)5)21(28)25-11-16-6-8-17(9-7-16)19-15(2)26-13-30-19/h6-9,13-14,18,20H,10-12,24H2,1-5H3,(H,25,28)/t14-,18+,20-/m1/s1. The Morgan fingerprint density at radius 2 is 1.97 bits per heavy atom. The van der Waals surface area contributed by atoms with Crippen molar-refractivity contribution in [2.45, 2.75) is 59.7 Å². The van der Waals surface area contributed by atoms with E-state index in [1.54, 1.807) is 4.90 Å². The van der Waals surface area contributed by atoms with E-state index >= 15 is 0 Å². The van der Waals surface area contributed by atoms with E-state index in [-0.39, 0.29) is 23.1 Å². The van der Waals surface area contributed by atoms with Crippen molar-refractivity contribution in [2.24, 2.45) is 17.1 Å². The molecule has 0 bridgehead atoms. The van der Waals surface area contributed by atoms with Crippen molar-refractivity contribution in [3.8, 4) is 11.3 Å². The van der Waals surface area contributed by atoms with E-state index in [4.69, 9.17) is 10.2 Å². The molecule has 7 heteroatoms. The van der Waals surface area contributed by atoms with Gasteiger partial charge in [-0.2, -0.15) is 0 Å². The minimum atomic E-state index is -0.634. The molecule has 2 heterocycles. The molecule has 1 fully saturated rings. The number of rotatable bonds is 5. The number of amides is 2. The second-order valence-corrected chi connectivity index (χ2v) is 9.37. The van der Waals surface area contributed by atoms with Crippen LogP contribution in [0.4, 0.5) is 0 Å². The molecule has 162 valence electrons. The molecule has 30 heavy (non-hydrogen) atoms. The van der Waals surface area contributed by atoms with E-state index in [2.05, 4.69) is 17.2 Å². The third-order valence-electron chi connectivity index (χ3n) is 5.72. The van der Waals surface area contributed by atoms with Crippen molar-refractivity contribution in [2.75, 3.05) is 6.54 Å². The predicted octanol–water partition coefficient (Wildman–Crippen LogP) is 2.88. The second-order valence-electron chi connectivity index (χ2n) is 9.37. The van der Waals surface area contributed by atoms with E-state index in [1.165, 1.54) is 6.39 Å². The van der Waals surface area contributed by atoms with Gasteiger partial charge in [-0.05, 0) is 30.2 Å². The molecule has 7 nitrogen and oxygen atoms in total. The summed E-state index contributed by atoms with van der Waals surface area (Å²) < 4.78 is 5.41. The Morgan fingerprint density at radius 3 is 2.53 bits per heavy atom. The number of aryl methyl sites for hydroxylation is 1. The Balaban J connectivity index is 1.63. The number of carbonyl (C=O) groups is 2. The highest BCUT2D eigenvalue weighted by Gasteiger charge is 2.41. The number of benzene rings is 1. The Hall–Kier alpha value is -2.67. The van der Waals surface area contributed by atoms with E-state index in [0.717, 1.165) is 22.6 Å². The number of hydrogen-bond acceptors (Lipinski definition) is 5. The second kappa shape index (κ2) is 8.60. The van der Waals surface area contributed by atoms with Gasteiger partial charge in [-0.15, -0.1) is 0 Å². The Morgan fingerprint density at radius 1 is 1.30 bits per heavy atom. The van der Waals surface area contributed by atoms with Crippen LogP contribution in [0, 0.1) is 18.3 Å². The van der Waals surface area contributed by atoms with Gasteiger partial charge in [-0.25, -0.2) is 4.98 Å². The Bertz CT molecular complexity index is 898. The average Bonchev–Trinajstić information content (AvgIpc) is 3.30. The third-order valence-corrected chi connectivity index (χ3v) is 5.72. The van der Waals surface area contributed by atoms with Gasteiger partial charge in [0.1, 0.15) is 6.04 Å². The third kappa shape index (κ3) is 4.73. The van der Waals surface area contributed by atoms with Crippen molar-refractivity contribution in [3.05, 3.63) is 41.9 Å². The van der Waals surface area contributed by atoms with Crippen LogP contribution in [0.1, 0.15) is 45.4 Å². The number of oxazole rings is 1. The van der Waals surface area contributed by atoms with Crippen LogP contribution in [-0.4, -0.2) is 40.3 Å². The number of nitrogens with two attached hydrogens (primary N) is 1. The van der Waals surface area contributed by atoms with Gasteiger partial charge in [0.15, 0.2) is 12.2 Å². The van der Waals surface area contributed by atoms with Crippen LogP contribution in [0.2, 0.25) is 0 Å². The van der Waals surface area contributed by atoms with Crippen LogP contribution in [-0.2, 0) is 16.1 Å². The molecule has 1 aliphatic rings. The average molecular weight is 413 g/mol. The molecule has 0 aliphatic carbocycles. The smallest absolute Gasteiger partial charge is 0.243 e. The molecule has 1 aliphatic heterocycles. The van der Waals surface area contributed by atoms with Crippen LogP contribution in [0.3, 0.4) is 0 Å². The zero-order valence-electron chi connectivity index (χ0n) is 18.4. The normalized spacial score (nSPS) is 20.3. The molecule has 3 atom stereocenters. The summed E-state index contributed by atoms with van der Waals surface area (Å²) in [6.45, 7) is 10.7. The molecule has 2 amide bonds. The van der Waals surface area contributed by atoms with Gasteiger partial charge in [-0.3, -0.25) is 9.59 Å². The minimum Gasteiger partial charge on any atom is -0.443 e. The lowest BCUT2D eigenvalue weighted by Gasteiger charge is -2.32. The van der Waals surface area contributed by atoms with Crippen molar-refractivity contribution >= 4 is 11.8 Å². The largest absolute Gasteiger partial charge is 0.443 e. The summed E-state index contributed by atoms with van der Waals surface area (Å²) in [5, 5.41) is 2.98. The molecule has 1 saturated heterocycles. The molecule has 0 saturated carbocycles. The first-order valence-electron chi connectivity index (χ1n) is 10.4. The van der Waals surface area contributed by atoms with Crippen LogP contribution in [0.25, 0.3) is 11.3 Å². The van der Waals surface area contributed by atoms with E-state index in [0.29, 0.717) is 19.5 Å². The summed E-state index contributed by atoms with van der Waals surface area (Å²) in [7, 11) is 0. The number of likely N-dealkylation sites (tertiary alicyclic amines) is 1. The minimum absolute atomic E-state index is 0.135. The van der Waals surface area contributed by atoms with Crippen LogP contribution < -0.4 is 11.1 Å². The van der Waals surface area contributed by atoms with E-state index in [9.17, 15) is 9.59 Å². The Kier molecular flexibility index (Phi) is 6.31. The van der Waals surface area contributed by atoms with Gasteiger partial charge in [0.05, 0.1) is 11.7 Å².